The Bertz CT molecular complexity index is 468. The summed E-state index contributed by atoms with van der Waals surface area (Å²) in [5.41, 5.74) is 0.903. The molecule has 6 heteroatoms. The summed E-state index contributed by atoms with van der Waals surface area (Å²) in [7, 11) is 0. The van der Waals surface area contributed by atoms with Crippen LogP contribution in [0.4, 0.5) is 9.80 Å². The number of nitrogens with one attached hydrogen (secondary N) is 2. The molecule has 0 saturated heterocycles. The zero-order valence-corrected chi connectivity index (χ0v) is 11.3. The van der Waals surface area contributed by atoms with E-state index in [0.29, 0.717) is 13.0 Å². The number of amides is 2. The van der Waals surface area contributed by atoms with E-state index in [1.807, 2.05) is 34.3 Å². The lowest BCUT2D eigenvalue weighted by atomic mass is 10.1. The van der Waals surface area contributed by atoms with Crippen LogP contribution in [0.3, 0.4) is 0 Å². The van der Waals surface area contributed by atoms with E-state index in [1.54, 1.807) is 11.3 Å². The zero-order chi connectivity index (χ0) is 12.8. The molecule has 96 valence electrons. The van der Waals surface area contributed by atoms with Gasteiger partial charge < -0.3 is 10.4 Å². The molecule has 2 aromatic rings. The normalized spacial score (nSPS) is 12.1. The molecule has 0 radical (unpaired) electrons. The maximum atomic E-state index is 11.5. The molecule has 0 bridgehead atoms. The molecule has 0 fully saturated rings. The van der Waals surface area contributed by atoms with E-state index in [4.69, 9.17) is 0 Å². The van der Waals surface area contributed by atoms with Gasteiger partial charge in [-0.1, -0.05) is 0 Å². The van der Waals surface area contributed by atoms with Gasteiger partial charge in [0.25, 0.3) is 0 Å². The average molecular weight is 282 g/mol. The van der Waals surface area contributed by atoms with Gasteiger partial charge in [0.2, 0.25) is 0 Å². The van der Waals surface area contributed by atoms with Crippen LogP contribution in [0.1, 0.15) is 18.1 Å². The van der Waals surface area contributed by atoms with Gasteiger partial charge in [-0.3, -0.25) is 5.32 Å². The minimum Gasteiger partial charge on any atom is -0.388 e. The third kappa shape index (κ3) is 3.83. The van der Waals surface area contributed by atoms with Gasteiger partial charge in [0.1, 0.15) is 0 Å². The lowest BCUT2D eigenvalue weighted by molar-refractivity contribution is 0.168. The Kier molecular flexibility index (Phi) is 4.74. The van der Waals surface area contributed by atoms with Crippen LogP contribution in [0.2, 0.25) is 0 Å². The second-order valence-corrected chi connectivity index (χ2v) is 5.45. The van der Waals surface area contributed by atoms with Gasteiger partial charge in [-0.2, -0.15) is 11.3 Å². The zero-order valence-electron chi connectivity index (χ0n) is 9.63. The van der Waals surface area contributed by atoms with Gasteiger partial charge in [-0.25, -0.2) is 4.79 Å². The Morgan fingerprint density at radius 1 is 1.39 bits per heavy atom. The molecular weight excluding hydrogens is 268 g/mol. The quantitative estimate of drug-likeness (QED) is 0.789. The van der Waals surface area contributed by atoms with Crippen LogP contribution in [-0.2, 0) is 0 Å². The maximum absolute atomic E-state index is 11.5. The van der Waals surface area contributed by atoms with Crippen molar-refractivity contribution in [3.63, 3.8) is 0 Å². The van der Waals surface area contributed by atoms with Crippen LogP contribution in [0.25, 0.3) is 0 Å². The highest BCUT2D eigenvalue weighted by Crippen LogP contribution is 2.18. The van der Waals surface area contributed by atoms with E-state index >= 15 is 0 Å². The van der Waals surface area contributed by atoms with E-state index in [0.717, 1.165) is 10.6 Å². The van der Waals surface area contributed by atoms with Crippen molar-refractivity contribution in [1.29, 1.82) is 0 Å². The van der Waals surface area contributed by atoms with Crippen molar-refractivity contribution in [3.05, 3.63) is 39.9 Å². The molecule has 0 saturated carbocycles. The molecule has 0 aromatic carbocycles. The van der Waals surface area contributed by atoms with Crippen molar-refractivity contribution in [1.82, 2.24) is 5.32 Å². The Morgan fingerprint density at radius 3 is 2.94 bits per heavy atom. The number of anilines is 1. The second-order valence-electron chi connectivity index (χ2n) is 3.72. The van der Waals surface area contributed by atoms with Crippen LogP contribution < -0.4 is 10.6 Å². The fourth-order valence-electron chi connectivity index (χ4n) is 1.46. The Labute approximate surface area is 113 Å². The predicted molar refractivity (Wildman–Crippen MR) is 75.2 cm³/mol. The Balaban J connectivity index is 1.67. The molecule has 2 amide bonds. The molecule has 0 aliphatic heterocycles. The number of carbonyl (C=O) groups is 1. The number of aliphatic hydroxyl groups is 1. The fourth-order valence-corrected chi connectivity index (χ4v) is 2.78. The lowest BCUT2D eigenvalue weighted by Crippen LogP contribution is -2.29. The standard InChI is InChI=1S/C12H14N2O2S2/c15-10(9-4-7-17-8-9)3-5-13-12(16)14-11-2-1-6-18-11/h1-2,4,6-8,10,15H,3,5H2,(H2,13,14,16)/t10-/m0/s1. The molecule has 0 spiro atoms. The molecule has 4 nitrogen and oxygen atoms in total. The highest BCUT2D eigenvalue weighted by atomic mass is 32.1. The average Bonchev–Trinajstić information content (AvgIpc) is 3.00. The minimum atomic E-state index is -0.515. The number of hydrogen-bond donors (Lipinski definition) is 3. The van der Waals surface area contributed by atoms with E-state index in [-0.39, 0.29) is 6.03 Å². The lowest BCUT2D eigenvalue weighted by Gasteiger charge is -2.10. The summed E-state index contributed by atoms with van der Waals surface area (Å²) < 4.78 is 0. The van der Waals surface area contributed by atoms with Gasteiger partial charge in [-0.05, 0) is 46.3 Å². The van der Waals surface area contributed by atoms with Crippen LogP contribution in [0, 0.1) is 0 Å². The molecule has 18 heavy (non-hydrogen) atoms. The smallest absolute Gasteiger partial charge is 0.319 e. The van der Waals surface area contributed by atoms with Crippen molar-refractivity contribution in [2.24, 2.45) is 0 Å². The number of carbonyl (C=O) groups excluding carboxylic acids is 1. The van der Waals surface area contributed by atoms with Gasteiger partial charge in [0.05, 0.1) is 11.1 Å². The Morgan fingerprint density at radius 2 is 2.28 bits per heavy atom. The minimum absolute atomic E-state index is 0.241. The van der Waals surface area contributed by atoms with E-state index in [2.05, 4.69) is 10.6 Å². The highest BCUT2D eigenvalue weighted by Gasteiger charge is 2.08. The number of aliphatic hydroxyl groups excluding tert-OH is 1. The summed E-state index contributed by atoms with van der Waals surface area (Å²) in [4.78, 5) is 11.5. The summed E-state index contributed by atoms with van der Waals surface area (Å²) in [5.74, 6) is 0. The molecule has 1 atom stereocenters. The van der Waals surface area contributed by atoms with E-state index < -0.39 is 6.10 Å². The third-order valence-electron chi connectivity index (χ3n) is 2.39. The molecule has 2 rings (SSSR count). The molecule has 0 aliphatic carbocycles. The largest absolute Gasteiger partial charge is 0.388 e. The van der Waals surface area contributed by atoms with Gasteiger partial charge >= 0.3 is 6.03 Å². The second kappa shape index (κ2) is 6.53. The van der Waals surface area contributed by atoms with E-state index in [1.165, 1.54) is 11.3 Å². The van der Waals surface area contributed by atoms with Crippen LogP contribution in [0.5, 0.6) is 0 Å². The topological polar surface area (TPSA) is 61.4 Å². The summed E-state index contributed by atoms with van der Waals surface area (Å²) in [5, 5.41) is 21.8. The van der Waals surface area contributed by atoms with Crippen molar-refractivity contribution >= 4 is 33.7 Å². The van der Waals surface area contributed by atoms with Crippen LogP contribution >= 0.6 is 22.7 Å². The number of thiophene rings is 2. The molecule has 2 aromatic heterocycles. The first-order chi connectivity index (χ1) is 8.75. The third-order valence-corrected chi connectivity index (χ3v) is 3.88. The predicted octanol–water partition coefficient (Wildman–Crippen LogP) is 3.05. The first-order valence-corrected chi connectivity index (χ1v) is 7.36. The van der Waals surface area contributed by atoms with Gasteiger partial charge in [0, 0.05) is 6.54 Å². The molecule has 2 heterocycles. The first kappa shape index (κ1) is 13.1. The van der Waals surface area contributed by atoms with Crippen molar-refractivity contribution in [3.8, 4) is 0 Å². The monoisotopic (exact) mass is 282 g/mol. The summed E-state index contributed by atoms with van der Waals surface area (Å²) in [6, 6.07) is 5.36. The molecule has 0 unspecified atom stereocenters. The number of hydrogen-bond acceptors (Lipinski definition) is 4. The number of urea groups is 1. The van der Waals surface area contributed by atoms with Gasteiger partial charge in [-0.15, -0.1) is 11.3 Å². The van der Waals surface area contributed by atoms with E-state index in [9.17, 15) is 9.90 Å². The molecule has 0 aliphatic rings. The molecular formula is C12H14N2O2S2. The summed E-state index contributed by atoms with van der Waals surface area (Å²) in [6.45, 7) is 0.439. The highest BCUT2D eigenvalue weighted by molar-refractivity contribution is 7.14. The maximum Gasteiger partial charge on any atom is 0.319 e. The van der Waals surface area contributed by atoms with Crippen LogP contribution in [0.15, 0.2) is 34.3 Å². The van der Waals surface area contributed by atoms with Gasteiger partial charge in [0.15, 0.2) is 0 Å². The summed E-state index contributed by atoms with van der Waals surface area (Å²) >= 11 is 3.02. The fraction of sp³-hybridized carbons (Fsp3) is 0.250. The molecule has 3 N–H and O–H groups in total. The number of rotatable bonds is 5. The van der Waals surface area contributed by atoms with Crippen LogP contribution in [-0.4, -0.2) is 17.7 Å². The van der Waals surface area contributed by atoms with Crippen molar-refractivity contribution < 1.29 is 9.90 Å². The van der Waals surface area contributed by atoms with Crippen molar-refractivity contribution in [2.45, 2.75) is 12.5 Å². The Hall–Kier alpha value is -1.37. The SMILES string of the molecule is O=C(NCC[C@H](O)c1ccsc1)Nc1cccs1. The summed E-state index contributed by atoms with van der Waals surface area (Å²) in [6.07, 6.45) is -0.00695. The first-order valence-electron chi connectivity index (χ1n) is 5.54. The van der Waals surface area contributed by atoms with Crippen molar-refractivity contribution in [2.75, 3.05) is 11.9 Å².